The van der Waals surface area contributed by atoms with Crippen LogP contribution < -0.4 is 10.1 Å². The lowest BCUT2D eigenvalue weighted by Crippen LogP contribution is -2.26. The maximum atomic E-state index is 12.4. The smallest absolute Gasteiger partial charge is 0.251 e. The third kappa shape index (κ3) is 3.55. The quantitative estimate of drug-likeness (QED) is 0.907. The Balaban J connectivity index is 1.63. The summed E-state index contributed by atoms with van der Waals surface area (Å²) in [5.41, 5.74) is 4.33. The first-order valence-electron chi connectivity index (χ1n) is 8.19. The van der Waals surface area contributed by atoms with Crippen molar-refractivity contribution in [2.75, 3.05) is 6.61 Å². The van der Waals surface area contributed by atoms with Gasteiger partial charge in [-0.1, -0.05) is 18.2 Å². The van der Waals surface area contributed by atoms with E-state index in [9.17, 15) is 4.79 Å². The number of carbonyl (C=O) groups is 1. The second-order valence-corrected chi connectivity index (χ2v) is 6.23. The summed E-state index contributed by atoms with van der Waals surface area (Å²) < 4.78 is 5.55. The fourth-order valence-corrected chi connectivity index (χ4v) is 2.86. The molecule has 0 saturated heterocycles. The maximum Gasteiger partial charge on any atom is 0.251 e. The zero-order chi connectivity index (χ0) is 16.4. The van der Waals surface area contributed by atoms with Gasteiger partial charge in [0.2, 0.25) is 0 Å². The summed E-state index contributed by atoms with van der Waals surface area (Å²) in [5, 5.41) is 3.14. The van der Waals surface area contributed by atoms with Crippen molar-refractivity contribution < 1.29 is 9.53 Å². The van der Waals surface area contributed by atoms with Crippen LogP contribution in [0.15, 0.2) is 42.5 Å². The molecule has 0 spiro atoms. The van der Waals surface area contributed by atoms with E-state index in [4.69, 9.17) is 4.74 Å². The number of rotatable bonds is 5. The average molecular weight is 309 g/mol. The molecule has 1 fully saturated rings. The second kappa shape index (κ2) is 6.45. The Morgan fingerprint density at radius 3 is 2.74 bits per heavy atom. The maximum absolute atomic E-state index is 12.4. The van der Waals surface area contributed by atoms with Crippen LogP contribution in [0, 0.1) is 13.8 Å². The summed E-state index contributed by atoms with van der Waals surface area (Å²) in [6, 6.07) is 14.2. The van der Waals surface area contributed by atoms with Gasteiger partial charge in [0.15, 0.2) is 0 Å². The second-order valence-electron chi connectivity index (χ2n) is 6.23. The lowest BCUT2D eigenvalue weighted by molar-refractivity contribution is 0.0950. The Labute approximate surface area is 137 Å². The summed E-state index contributed by atoms with van der Waals surface area (Å²) in [6.07, 6.45) is 0.992. The van der Waals surface area contributed by atoms with Crippen molar-refractivity contribution in [1.29, 1.82) is 0 Å². The molecular formula is C20H23NO2. The van der Waals surface area contributed by atoms with Gasteiger partial charge in [0.05, 0.1) is 6.61 Å². The standard InChI is InChI=1S/C20H23NO2/c1-4-23-17-7-5-6-15(11-17)18-12-19(18)21-20(22)16-9-8-13(2)14(3)10-16/h5-11,18-19H,4,12H2,1-3H3,(H,21,22). The Kier molecular flexibility index (Phi) is 4.37. The summed E-state index contributed by atoms with van der Waals surface area (Å²) >= 11 is 0. The van der Waals surface area contributed by atoms with Gasteiger partial charge in [-0.3, -0.25) is 4.79 Å². The van der Waals surface area contributed by atoms with E-state index >= 15 is 0 Å². The van der Waals surface area contributed by atoms with E-state index in [1.54, 1.807) is 0 Å². The van der Waals surface area contributed by atoms with Gasteiger partial charge in [0.1, 0.15) is 5.75 Å². The van der Waals surface area contributed by atoms with Gasteiger partial charge in [-0.05, 0) is 68.1 Å². The minimum Gasteiger partial charge on any atom is -0.494 e. The Morgan fingerprint density at radius 1 is 1.17 bits per heavy atom. The van der Waals surface area contributed by atoms with E-state index < -0.39 is 0 Å². The molecule has 1 N–H and O–H groups in total. The number of hydrogen-bond acceptors (Lipinski definition) is 2. The third-order valence-corrected chi connectivity index (χ3v) is 4.47. The number of carbonyl (C=O) groups excluding carboxylic acids is 1. The molecule has 1 aliphatic carbocycles. The monoisotopic (exact) mass is 309 g/mol. The molecular weight excluding hydrogens is 286 g/mol. The predicted molar refractivity (Wildman–Crippen MR) is 92.1 cm³/mol. The molecule has 2 aromatic carbocycles. The average Bonchev–Trinajstić information content (AvgIpc) is 3.30. The molecule has 3 heteroatoms. The minimum atomic E-state index is 0.0153. The van der Waals surface area contributed by atoms with Crippen molar-refractivity contribution in [2.45, 2.75) is 39.2 Å². The molecule has 2 atom stereocenters. The third-order valence-electron chi connectivity index (χ3n) is 4.47. The van der Waals surface area contributed by atoms with Crippen LogP contribution >= 0.6 is 0 Å². The fourth-order valence-electron chi connectivity index (χ4n) is 2.86. The van der Waals surface area contributed by atoms with Gasteiger partial charge >= 0.3 is 0 Å². The molecule has 23 heavy (non-hydrogen) atoms. The van der Waals surface area contributed by atoms with Crippen LogP contribution in [-0.2, 0) is 0 Å². The van der Waals surface area contributed by atoms with Crippen LogP contribution in [0.5, 0.6) is 5.75 Å². The zero-order valence-corrected chi connectivity index (χ0v) is 13.9. The number of aryl methyl sites for hydroxylation is 2. The normalized spacial score (nSPS) is 19.3. The van der Waals surface area contributed by atoms with Gasteiger partial charge in [-0.2, -0.15) is 0 Å². The lowest BCUT2D eigenvalue weighted by atomic mass is 10.1. The van der Waals surface area contributed by atoms with Crippen molar-refractivity contribution in [1.82, 2.24) is 5.32 Å². The molecule has 0 bridgehead atoms. The van der Waals surface area contributed by atoms with E-state index in [1.807, 2.05) is 44.2 Å². The molecule has 120 valence electrons. The van der Waals surface area contributed by atoms with Crippen LogP contribution in [-0.4, -0.2) is 18.6 Å². The van der Waals surface area contributed by atoms with E-state index in [1.165, 1.54) is 11.1 Å². The number of benzene rings is 2. The molecule has 0 radical (unpaired) electrons. The SMILES string of the molecule is CCOc1cccc(C2CC2NC(=O)c2ccc(C)c(C)c2)c1. The summed E-state index contributed by atoms with van der Waals surface area (Å²) in [6.45, 7) is 6.74. The Hall–Kier alpha value is -2.29. The Bertz CT molecular complexity index is 723. The largest absolute Gasteiger partial charge is 0.494 e. The van der Waals surface area contributed by atoms with Crippen LogP contribution in [0.3, 0.4) is 0 Å². The van der Waals surface area contributed by atoms with Gasteiger partial charge in [0.25, 0.3) is 5.91 Å². The highest BCUT2D eigenvalue weighted by atomic mass is 16.5. The minimum absolute atomic E-state index is 0.0153. The molecule has 1 aliphatic rings. The first-order valence-corrected chi connectivity index (χ1v) is 8.19. The topological polar surface area (TPSA) is 38.3 Å². The van der Waals surface area contributed by atoms with E-state index in [0.717, 1.165) is 23.3 Å². The highest BCUT2D eigenvalue weighted by Gasteiger charge is 2.39. The molecule has 0 heterocycles. The number of nitrogens with one attached hydrogen (secondary N) is 1. The molecule has 1 saturated carbocycles. The van der Waals surface area contributed by atoms with Crippen molar-refractivity contribution in [3.05, 3.63) is 64.7 Å². The highest BCUT2D eigenvalue weighted by molar-refractivity contribution is 5.95. The molecule has 1 amide bonds. The summed E-state index contributed by atoms with van der Waals surface area (Å²) in [5.74, 6) is 1.31. The van der Waals surface area contributed by atoms with Gasteiger partial charge in [0, 0.05) is 17.5 Å². The zero-order valence-electron chi connectivity index (χ0n) is 13.9. The van der Waals surface area contributed by atoms with E-state index in [0.29, 0.717) is 12.5 Å². The molecule has 3 rings (SSSR count). The fraction of sp³-hybridized carbons (Fsp3) is 0.350. The van der Waals surface area contributed by atoms with E-state index in [-0.39, 0.29) is 11.9 Å². The van der Waals surface area contributed by atoms with Crippen LogP contribution in [0.2, 0.25) is 0 Å². The lowest BCUT2D eigenvalue weighted by Gasteiger charge is -2.08. The van der Waals surface area contributed by atoms with Crippen molar-refractivity contribution >= 4 is 5.91 Å². The number of amides is 1. The predicted octanol–water partition coefficient (Wildman–Crippen LogP) is 3.99. The number of hydrogen-bond donors (Lipinski definition) is 1. The first kappa shape index (κ1) is 15.6. The summed E-state index contributed by atoms with van der Waals surface area (Å²) in [7, 11) is 0. The van der Waals surface area contributed by atoms with Crippen LogP contribution in [0.4, 0.5) is 0 Å². The van der Waals surface area contributed by atoms with Crippen LogP contribution in [0.25, 0.3) is 0 Å². The molecule has 2 aromatic rings. The molecule has 2 unspecified atom stereocenters. The van der Waals surface area contributed by atoms with Crippen molar-refractivity contribution in [2.24, 2.45) is 0 Å². The molecule has 0 aromatic heterocycles. The molecule has 0 aliphatic heterocycles. The van der Waals surface area contributed by atoms with Crippen molar-refractivity contribution in [3.8, 4) is 5.75 Å². The van der Waals surface area contributed by atoms with Gasteiger partial charge < -0.3 is 10.1 Å². The van der Waals surface area contributed by atoms with E-state index in [2.05, 4.69) is 24.4 Å². The first-order chi connectivity index (χ1) is 11.1. The Morgan fingerprint density at radius 2 is 2.00 bits per heavy atom. The number of ether oxygens (including phenoxy) is 1. The highest BCUT2D eigenvalue weighted by Crippen LogP contribution is 2.41. The van der Waals surface area contributed by atoms with Crippen molar-refractivity contribution in [3.63, 3.8) is 0 Å². The summed E-state index contributed by atoms with van der Waals surface area (Å²) in [4.78, 5) is 12.4. The van der Waals surface area contributed by atoms with Gasteiger partial charge in [-0.15, -0.1) is 0 Å². The van der Waals surface area contributed by atoms with Gasteiger partial charge in [-0.25, -0.2) is 0 Å². The van der Waals surface area contributed by atoms with Crippen LogP contribution in [0.1, 0.15) is 46.3 Å². The molecule has 3 nitrogen and oxygen atoms in total.